The van der Waals surface area contributed by atoms with E-state index < -0.39 is 0 Å². The van der Waals surface area contributed by atoms with Crippen LogP contribution < -0.4 is 24.8 Å². The molecule has 1 unspecified atom stereocenters. The van der Waals surface area contributed by atoms with Crippen LogP contribution in [0.2, 0.25) is 0 Å². The molecule has 46 heavy (non-hydrogen) atoms. The Kier molecular flexibility index (Phi) is 12.1. The normalized spacial score (nSPS) is 29.8. The summed E-state index contributed by atoms with van der Waals surface area (Å²) in [5.74, 6) is 3.18. The van der Waals surface area contributed by atoms with E-state index in [2.05, 4.69) is 109 Å². The minimum absolute atomic E-state index is 0. The molecular formula is C43H56Cl2Zr-2. The number of hydrogen-bond acceptors (Lipinski definition) is 0. The van der Waals surface area contributed by atoms with Crippen LogP contribution in [-0.2, 0) is 41.5 Å². The fourth-order valence-electron chi connectivity index (χ4n) is 9.60. The second kappa shape index (κ2) is 14.6. The van der Waals surface area contributed by atoms with Crippen LogP contribution in [0.15, 0.2) is 48.6 Å². The molecule has 248 valence electrons. The fraction of sp³-hybridized carbons (Fsp3) is 0.605. The molecule has 4 bridgehead atoms. The first-order valence-corrected chi connectivity index (χ1v) is 19.0. The van der Waals surface area contributed by atoms with Crippen molar-refractivity contribution in [3.8, 4) is 11.1 Å². The Hall–Kier alpha value is -0.747. The summed E-state index contributed by atoms with van der Waals surface area (Å²) in [5.41, 5.74) is 9.65. The molecule has 7 aliphatic carbocycles. The predicted octanol–water partition coefficient (Wildman–Crippen LogP) is 5.47. The maximum absolute atomic E-state index is 3.67. The summed E-state index contributed by atoms with van der Waals surface area (Å²) in [6, 6.07) is 15.2. The molecule has 5 fully saturated rings. The molecule has 0 aromatic heterocycles. The SMILES string of the molecule is CC(C)(C)c1[c-]c2c(cc1)-c1ccc(C(C)(C)C)cc1C2.CC1(C23CC4CC(CC(C4)C2)C3)C=[C-]C=C1.[Cl-].[Cl-].[Zr+2]=[C]1CCCCC1. The summed E-state index contributed by atoms with van der Waals surface area (Å²) in [7, 11) is 0. The Morgan fingerprint density at radius 1 is 0.761 bits per heavy atom. The molecule has 1 atom stereocenters. The molecule has 7 aliphatic rings. The number of rotatable bonds is 1. The van der Waals surface area contributed by atoms with Crippen molar-refractivity contribution < 1.29 is 49.0 Å². The molecule has 0 spiro atoms. The molecule has 2 aromatic rings. The molecule has 2 aromatic carbocycles. The van der Waals surface area contributed by atoms with Crippen LogP contribution in [0.4, 0.5) is 0 Å². The summed E-state index contributed by atoms with van der Waals surface area (Å²) in [6.07, 6.45) is 27.8. The van der Waals surface area contributed by atoms with Crippen LogP contribution >= 0.6 is 0 Å². The Bertz CT molecular complexity index is 1330. The number of fused-ring (bicyclic) bond motifs is 3. The number of benzene rings is 2. The summed E-state index contributed by atoms with van der Waals surface area (Å²) >= 11 is 1.69. The topological polar surface area (TPSA) is 0 Å². The average molecular weight is 735 g/mol. The van der Waals surface area contributed by atoms with Crippen molar-refractivity contribution >= 4 is 3.21 Å². The van der Waals surface area contributed by atoms with Gasteiger partial charge in [-0.2, -0.15) is 29.8 Å². The van der Waals surface area contributed by atoms with Crippen molar-refractivity contribution in [2.75, 3.05) is 0 Å². The summed E-state index contributed by atoms with van der Waals surface area (Å²) in [6.45, 7) is 16.1. The molecule has 0 heterocycles. The van der Waals surface area contributed by atoms with E-state index in [0.29, 0.717) is 10.8 Å². The van der Waals surface area contributed by atoms with Crippen LogP contribution in [0.25, 0.3) is 11.1 Å². The van der Waals surface area contributed by atoms with E-state index in [1.54, 1.807) is 46.7 Å². The van der Waals surface area contributed by atoms with E-state index >= 15 is 0 Å². The first-order valence-electron chi connectivity index (χ1n) is 17.8. The van der Waals surface area contributed by atoms with Gasteiger partial charge in [-0.3, -0.25) is 6.08 Å². The van der Waals surface area contributed by atoms with Gasteiger partial charge in [-0.1, -0.05) is 77.6 Å². The molecule has 0 N–H and O–H groups in total. The van der Waals surface area contributed by atoms with Crippen LogP contribution in [0.3, 0.4) is 0 Å². The number of allylic oxidation sites excluding steroid dienone is 4. The van der Waals surface area contributed by atoms with E-state index in [0.717, 1.165) is 24.2 Å². The van der Waals surface area contributed by atoms with Crippen LogP contribution in [-0.4, -0.2) is 3.21 Å². The van der Waals surface area contributed by atoms with Gasteiger partial charge >= 0.3 is 59.5 Å². The molecule has 0 radical (unpaired) electrons. The summed E-state index contributed by atoms with van der Waals surface area (Å²) in [5, 5.41) is 0. The van der Waals surface area contributed by atoms with Gasteiger partial charge in [-0.15, -0.1) is 11.1 Å². The van der Waals surface area contributed by atoms with Gasteiger partial charge in [-0.25, -0.2) is 12.2 Å². The Balaban J connectivity index is 0.000000170. The van der Waals surface area contributed by atoms with Crippen molar-refractivity contribution in [1.29, 1.82) is 0 Å². The molecule has 9 rings (SSSR count). The van der Waals surface area contributed by atoms with E-state index in [9.17, 15) is 0 Å². The molecule has 5 saturated carbocycles. The summed E-state index contributed by atoms with van der Waals surface area (Å²) < 4.78 is 1.80. The minimum atomic E-state index is 0. The van der Waals surface area contributed by atoms with Gasteiger partial charge in [0.1, 0.15) is 0 Å². The second-order valence-corrected chi connectivity index (χ2v) is 19.3. The zero-order chi connectivity index (χ0) is 31.3. The fourth-order valence-corrected chi connectivity index (χ4v) is 10.5. The number of halogens is 2. The predicted molar refractivity (Wildman–Crippen MR) is 185 cm³/mol. The maximum atomic E-state index is 3.67. The van der Waals surface area contributed by atoms with Crippen LogP contribution in [0.5, 0.6) is 0 Å². The second-order valence-electron chi connectivity index (χ2n) is 17.6. The standard InChI is InChI=1S/C21H25.C16H21.C6H10.2ClH.Zr/c1-20(2,3)16-7-9-18-14(12-16)11-15-13-17(21(4,5)6)8-10-19(15)18;1-15(4-2-3-5-15)16-9-12-6-13(10-16)8-14(7-12)11-16;1-2-4-6-5-3-1;;;/h7-10,12H,11H2,1-6H3;2,4-5,12-14H,6-11H2,1H3;1-5H2;2*1H;/q2*-1;;;;+2/p-2. The van der Waals surface area contributed by atoms with Gasteiger partial charge in [0, 0.05) is 0 Å². The molecule has 3 heteroatoms. The van der Waals surface area contributed by atoms with Crippen molar-refractivity contribution in [2.45, 2.75) is 136 Å². The van der Waals surface area contributed by atoms with Crippen molar-refractivity contribution in [3.63, 3.8) is 0 Å². The van der Waals surface area contributed by atoms with E-state index in [4.69, 9.17) is 0 Å². The summed E-state index contributed by atoms with van der Waals surface area (Å²) in [4.78, 5) is 0. The van der Waals surface area contributed by atoms with Gasteiger partial charge in [0.2, 0.25) is 0 Å². The molecule has 0 saturated heterocycles. The van der Waals surface area contributed by atoms with E-state index in [1.807, 2.05) is 0 Å². The van der Waals surface area contributed by atoms with E-state index in [-0.39, 0.29) is 35.6 Å². The van der Waals surface area contributed by atoms with Gasteiger partial charge in [-0.05, 0) is 90.1 Å². The number of hydrogen-bond donors (Lipinski definition) is 0. The average Bonchev–Trinajstić information content (AvgIpc) is 3.56. The Labute approximate surface area is 309 Å². The van der Waals surface area contributed by atoms with Crippen molar-refractivity contribution in [1.82, 2.24) is 0 Å². The third-order valence-electron chi connectivity index (χ3n) is 12.0. The van der Waals surface area contributed by atoms with Gasteiger partial charge in [0.15, 0.2) is 0 Å². The third-order valence-corrected chi connectivity index (χ3v) is 13.2. The first kappa shape index (κ1) is 38.1. The Morgan fingerprint density at radius 3 is 1.83 bits per heavy atom. The van der Waals surface area contributed by atoms with Gasteiger partial charge in [0.05, 0.1) is 0 Å². The third kappa shape index (κ3) is 8.00. The Morgan fingerprint density at radius 2 is 1.35 bits per heavy atom. The zero-order valence-corrected chi connectivity index (χ0v) is 33.6. The van der Waals surface area contributed by atoms with Gasteiger partial charge in [0.25, 0.3) is 0 Å². The molecule has 0 amide bonds. The van der Waals surface area contributed by atoms with Crippen molar-refractivity contribution in [3.05, 3.63) is 83.0 Å². The van der Waals surface area contributed by atoms with Crippen LogP contribution in [0.1, 0.15) is 141 Å². The molecule has 0 nitrogen and oxygen atoms in total. The first-order chi connectivity index (χ1) is 20.7. The van der Waals surface area contributed by atoms with E-state index in [1.165, 1.54) is 84.7 Å². The monoisotopic (exact) mass is 732 g/mol. The van der Waals surface area contributed by atoms with Gasteiger partial charge < -0.3 is 24.8 Å². The quantitative estimate of drug-likeness (QED) is 0.292. The van der Waals surface area contributed by atoms with Crippen LogP contribution in [0, 0.1) is 40.7 Å². The molecule has 0 aliphatic heterocycles. The zero-order valence-electron chi connectivity index (χ0n) is 29.6. The molecular weight excluding hydrogens is 679 g/mol. The van der Waals surface area contributed by atoms with Crippen molar-refractivity contribution in [2.24, 2.45) is 28.6 Å².